The molecule has 8 aromatic rings. The second-order valence-corrected chi connectivity index (χ2v) is 22.6. The minimum Gasteiger partial charge on any atom is -0.494 e. The molecular formula is C62H76N14O8. The number of carbonyl (C=O) groups is 2. The Hall–Kier alpha value is -9.34. The summed E-state index contributed by atoms with van der Waals surface area (Å²) in [5.41, 5.74) is 15.1. The monoisotopic (exact) mass is 1150 g/mol. The molecule has 2 aliphatic rings. The van der Waals surface area contributed by atoms with Crippen molar-refractivity contribution in [3.05, 3.63) is 119 Å². The van der Waals surface area contributed by atoms with Crippen LogP contribution in [0, 0.1) is 10.1 Å². The number of anilines is 7. The maximum atomic E-state index is 12.6. The molecule has 0 unspecified atom stereocenters. The number of aromatic nitrogens is 6. The largest absolute Gasteiger partial charge is 0.494 e. The van der Waals surface area contributed by atoms with Crippen LogP contribution >= 0.6 is 0 Å². The number of benzene rings is 4. The minimum atomic E-state index is -2.78. The van der Waals surface area contributed by atoms with Crippen molar-refractivity contribution in [2.45, 2.75) is 91.5 Å². The van der Waals surface area contributed by atoms with Crippen LogP contribution in [0.5, 0.6) is 11.5 Å². The third kappa shape index (κ3) is 13.4. The van der Waals surface area contributed by atoms with E-state index in [2.05, 4.69) is 78.5 Å². The van der Waals surface area contributed by atoms with Gasteiger partial charge in [0, 0.05) is 140 Å². The van der Waals surface area contributed by atoms with Crippen LogP contribution in [0.3, 0.4) is 0 Å². The summed E-state index contributed by atoms with van der Waals surface area (Å²) in [6.07, 6.45) is 9.99. The van der Waals surface area contributed by atoms with Gasteiger partial charge >= 0.3 is 12.2 Å². The quantitative estimate of drug-likeness (QED) is 0.0436. The summed E-state index contributed by atoms with van der Waals surface area (Å²) >= 11 is 0. The Kier molecular flexibility index (Phi) is 15.1. The first-order valence-electron chi connectivity index (χ1n) is 30.6. The molecule has 4 aromatic heterocycles. The van der Waals surface area contributed by atoms with Gasteiger partial charge in [-0.1, -0.05) is 36.4 Å². The predicted octanol–water partition coefficient (Wildman–Crippen LogP) is 11.7. The summed E-state index contributed by atoms with van der Waals surface area (Å²) in [7, 11) is 6.30. The van der Waals surface area contributed by atoms with Crippen LogP contribution in [-0.2, 0) is 35.4 Å². The number of hydrogen-bond acceptors (Lipinski definition) is 17. The number of aryl methyl sites for hydroxylation is 4. The normalized spacial score (nSPS) is 14.0. The van der Waals surface area contributed by atoms with E-state index in [1.165, 1.54) is 51.7 Å². The number of para-hydroxylation sites is 2. The van der Waals surface area contributed by atoms with Crippen LogP contribution in [0.2, 0.25) is 0 Å². The highest BCUT2D eigenvalue weighted by atomic mass is 16.6. The standard InChI is InChI=1S/C31H37N7O5.C31H39N7O3/c1-31(2,3)43-30(39)36(5)16-15-35(4)25-18-27(42-6)24(17-26(25)38(40)41)34-29-32-13-12-23(33-29)22-19-37-14-8-10-20-9-7-11-21(22)28(20)37;1-31(2,3)41-30(39)37(5)16-15-36(4)26-18-27(40-6)25(17-23(26)32)35-29-33-13-12-24(34-29)22-19-38-14-8-10-20-9-7-11-21(22)28(20)38/h7,9,11-13,17-19H,8,10,14-16H2,1-6H3,(H,32,33,34);7,9,11-13,17-19H,8,10,14-16,32H2,1-6H3,(H,33,34,35)/i2*5D3. The molecule has 0 radical (unpaired) electrons. The lowest BCUT2D eigenvalue weighted by atomic mass is 10.0. The third-order valence-corrected chi connectivity index (χ3v) is 14.2. The number of rotatable bonds is 17. The number of carbonyl (C=O) groups excluding carboxylic acids is 2. The summed E-state index contributed by atoms with van der Waals surface area (Å²) in [5.74, 6) is 1.37. The van der Waals surface area contributed by atoms with Crippen molar-refractivity contribution in [3.8, 4) is 34.0 Å². The highest BCUT2D eigenvalue weighted by molar-refractivity contribution is 5.98. The van der Waals surface area contributed by atoms with Crippen LogP contribution in [-0.4, -0.2) is 136 Å². The van der Waals surface area contributed by atoms with Gasteiger partial charge in [-0.2, -0.15) is 0 Å². The summed E-state index contributed by atoms with van der Waals surface area (Å²) in [4.78, 5) is 59.9. The van der Waals surface area contributed by atoms with E-state index in [4.69, 9.17) is 42.9 Å². The Morgan fingerprint density at radius 3 is 1.57 bits per heavy atom. The number of nitro groups is 1. The fourth-order valence-corrected chi connectivity index (χ4v) is 10.3. The van der Waals surface area contributed by atoms with Gasteiger partial charge in [0.15, 0.2) is 0 Å². The molecule has 6 heterocycles. The highest BCUT2D eigenvalue weighted by Gasteiger charge is 2.27. The Balaban J connectivity index is 0.000000214. The van der Waals surface area contributed by atoms with E-state index in [0.717, 1.165) is 65.9 Å². The molecule has 10 rings (SSSR count). The number of ether oxygens (including phenoxy) is 4. The zero-order valence-electron chi connectivity index (χ0n) is 55.1. The first-order valence-corrected chi connectivity index (χ1v) is 27.6. The van der Waals surface area contributed by atoms with Gasteiger partial charge in [-0.05, 0) is 96.6 Å². The maximum Gasteiger partial charge on any atom is 0.410 e. The zero-order chi connectivity index (χ0) is 65.2. The number of likely N-dealkylation sites (N-methyl/N-ethyl adjacent to an activating group) is 4. The first-order chi connectivity index (χ1) is 42.4. The van der Waals surface area contributed by atoms with Gasteiger partial charge in [0.1, 0.15) is 28.4 Å². The Morgan fingerprint density at radius 2 is 1.13 bits per heavy atom. The molecule has 0 spiro atoms. The van der Waals surface area contributed by atoms with E-state index in [1.54, 1.807) is 92.2 Å². The summed E-state index contributed by atoms with van der Waals surface area (Å²) in [6, 6.07) is 22.7. The van der Waals surface area contributed by atoms with Crippen molar-refractivity contribution in [3.63, 3.8) is 0 Å². The molecule has 0 fully saturated rings. The molecule has 22 nitrogen and oxygen atoms in total. The summed E-state index contributed by atoms with van der Waals surface area (Å²) in [5, 5.41) is 20.8. The van der Waals surface area contributed by atoms with E-state index in [0.29, 0.717) is 39.4 Å². The molecule has 84 heavy (non-hydrogen) atoms. The number of methoxy groups -OCH3 is 2. The zero-order valence-corrected chi connectivity index (χ0v) is 49.1. The molecule has 4 N–H and O–H groups in total. The first kappa shape index (κ1) is 51.5. The number of hydrogen-bond donors (Lipinski definition) is 3. The van der Waals surface area contributed by atoms with Crippen LogP contribution < -0.4 is 35.6 Å². The van der Waals surface area contributed by atoms with Gasteiger partial charge in [0.05, 0.1) is 64.3 Å². The second kappa shape index (κ2) is 24.6. The number of amides is 2. The lowest BCUT2D eigenvalue weighted by Gasteiger charge is -2.28. The van der Waals surface area contributed by atoms with Gasteiger partial charge in [0.25, 0.3) is 5.69 Å². The number of nitrogens with one attached hydrogen (secondary N) is 2. The van der Waals surface area contributed by atoms with Gasteiger partial charge in [-0.25, -0.2) is 29.5 Å². The van der Waals surface area contributed by atoms with Gasteiger partial charge < -0.3 is 64.0 Å². The lowest BCUT2D eigenvalue weighted by Crippen LogP contribution is -2.38. The molecule has 22 heteroatoms. The average molecular weight is 1150 g/mol. The van der Waals surface area contributed by atoms with Crippen LogP contribution in [0.4, 0.5) is 55.6 Å². The molecule has 4 aromatic carbocycles. The van der Waals surface area contributed by atoms with Gasteiger partial charge in [0.2, 0.25) is 11.9 Å². The van der Waals surface area contributed by atoms with Crippen molar-refractivity contribution < 1.29 is 41.7 Å². The molecule has 0 saturated heterocycles. The van der Waals surface area contributed by atoms with E-state index in [-0.39, 0.29) is 54.9 Å². The summed E-state index contributed by atoms with van der Waals surface area (Å²) < 4.78 is 73.3. The molecule has 442 valence electrons. The average Bonchev–Trinajstić information content (AvgIpc) is 1.62. The molecule has 2 amide bonds. The van der Waals surface area contributed by atoms with E-state index in [9.17, 15) is 19.7 Å². The third-order valence-electron chi connectivity index (χ3n) is 14.2. The fraction of sp³-hybridized carbons (Fsp3) is 0.387. The number of nitrogen functional groups attached to an aromatic ring is 1. The van der Waals surface area contributed by atoms with Crippen molar-refractivity contribution in [2.24, 2.45) is 0 Å². The van der Waals surface area contributed by atoms with Gasteiger partial charge in [-0.3, -0.25) is 10.1 Å². The van der Waals surface area contributed by atoms with Crippen LogP contribution in [0.25, 0.3) is 44.3 Å². The number of nitrogens with zero attached hydrogens (tertiary/aromatic N) is 11. The topological polar surface area (TPSA) is 239 Å². The summed E-state index contributed by atoms with van der Waals surface area (Å²) in [6.45, 7) is 6.18. The van der Waals surface area contributed by atoms with E-state index < -0.39 is 42.3 Å². The Labute approximate surface area is 498 Å². The molecule has 0 saturated carbocycles. The molecular weight excluding hydrogens is 1070 g/mol. The SMILES string of the molecule is [2H]C([2H])([2H])N(CCN(C)c1cc(OC)c(Nc2nccc(-c3cn4c5c(cccc35)CCC4)n2)cc1N)C(=O)OC(C)(C)C.[2H]C([2H])([2H])N(CCN(C)c1cc(OC)c(Nc2nccc(-c3cn4c5c(cccc35)CCC4)n2)cc1[N+](=O)[O-])C(=O)OC(C)(C)C. The molecule has 0 bridgehead atoms. The Morgan fingerprint density at radius 1 is 0.679 bits per heavy atom. The minimum absolute atomic E-state index is 0.0467. The van der Waals surface area contributed by atoms with Gasteiger partial charge in [-0.15, -0.1) is 0 Å². The number of nitrogens with two attached hydrogens (primary N) is 1. The molecule has 0 atom stereocenters. The molecule has 0 aliphatic carbocycles. The lowest BCUT2D eigenvalue weighted by molar-refractivity contribution is -0.384. The van der Waals surface area contributed by atoms with Crippen molar-refractivity contribution >= 4 is 80.0 Å². The molecule has 2 aliphatic heterocycles. The smallest absolute Gasteiger partial charge is 0.410 e. The van der Waals surface area contributed by atoms with Crippen molar-refractivity contribution in [1.82, 2.24) is 38.9 Å². The maximum absolute atomic E-state index is 12.6. The van der Waals surface area contributed by atoms with Crippen LogP contribution in [0.1, 0.15) is 73.7 Å². The second-order valence-electron chi connectivity index (χ2n) is 22.6. The fourth-order valence-electron chi connectivity index (χ4n) is 10.3. The van der Waals surface area contributed by atoms with Crippen molar-refractivity contribution in [2.75, 3.05) is 94.6 Å². The van der Waals surface area contributed by atoms with E-state index in [1.807, 2.05) is 12.1 Å². The van der Waals surface area contributed by atoms with E-state index >= 15 is 0 Å². The predicted molar refractivity (Wildman–Crippen MR) is 330 cm³/mol. The highest BCUT2D eigenvalue weighted by Crippen LogP contribution is 2.41. The number of nitro benzene ring substituents is 1. The van der Waals surface area contributed by atoms with Crippen molar-refractivity contribution in [1.29, 1.82) is 0 Å². The van der Waals surface area contributed by atoms with Crippen LogP contribution in [0.15, 0.2) is 97.6 Å². The Bertz CT molecular complexity index is 3970.